The highest BCUT2D eigenvalue weighted by Crippen LogP contribution is 2.03. The molecule has 0 radical (unpaired) electrons. The van der Waals surface area contributed by atoms with Gasteiger partial charge in [-0.25, -0.2) is 5.16 Å². The molecule has 0 bridgehead atoms. The molecule has 0 fully saturated rings. The van der Waals surface area contributed by atoms with Crippen LogP contribution < -0.4 is 5.16 Å². The largest absolute Gasteiger partial charge is 0.625 e. The van der Waals surface area contributed by atoms with E-state index in [1.165, 1.54) is 0 Å². The second-order valence-corrected chi connectivity index (χ2v) is 3.05. The summed E-state index contributed by atoms with van der Waals surface area (Å²) in [6.45, 7) is 2.12. The molecule has 2 nitrogen and oxygen atoms in total. The maximum absolute atomic E-state index is 10.6. The third kappa shape index (κ3) is 2.90. The van der Waals surface area contributed by atoms with E-state index in [9.17, 15) is 5.21 Å². The first-order valence-corrected chi connectivity index (χ1v) is 4.68. The lowest BCUT2D eigenvalue weighted by molar-refractivity contribution is -0.374. The van der Waals surface area contributed by atoms with E-state index in [4.69, 9.17) is 0 Å². The van der Waals surface area contributed by atoms with Gasteiger partial charge in [-0.2, -0.15) is 0 Å². The first-order chi connectivity index (χ1) is 6.38. The van der Waals surface area contributed by atoms with Gasteiger partial charge in [0.05, 0.1) is 0 Å². The van der Waals surface area contributed by atoms with Crippen molar-refractivity contribution in [3.63, 3.8) is 0 Å². The van der Waals surface area contributed by atoms with Crippen LogP contribution in [0.4, 0.5) is 0 Å². The van der Waals surface area contributed by atoms with Crippen LogP contribution in [0.1, 0.15) is 31.7 Å². The smallest absolute Gasteiger partial charge is 0.192 e. The summed E-state index contributed by atoms with van der Waals surface area (Å²) in [5, 5.41) is 12.7. The SMILES string of the molecule is CCCCC(=[NH+][O-])c1ccccc1. The van der Waals surface area contributed by atoms with Gasteiger partial charge in [0.15, 0.2) is 5.71 Å². The lowest BCUT2D eigenvalue weighted by Gasteiger charge is -2.00. The summed E-state index contributed by atoms with van der Waals surface area (Å²) in [4.78, 5) is 0. The van der Waals surface area contributed by atoms with Crippen LogP contribution in [-0.2, 0) is 0 Å². The third-order valence-corrected chi connectivity index (χ3v) is 2.03. The van der Waals surface area contributed by atoms with Crippen LogP contribution in [0, 0.1) is 5.21 Å². The fourth-order valence-corrected chi connectivity index (χ4v) is 1.25. The summed E-state index contributed by atoms with van der Waals surface area (Å²) in [6, 6.07) is 9.74. The molecule has 13 heavy (non-hydrogen) atoms. The van der Waals surface area contributed by atoms with E-state index in [1.54, 1.807) is 0 Å². The highest BCUT2D eigenvalue weighted by Gasteiger charge is 2.05. The van der Waals surface area contributed by atoms with Crippen molar-refractivity contribution in [1.29, 1.82) is 0 Å². The quantitative estimate of drug-likeness (QED) is 0.419. The number of rotatable bonds is 4. The van der Waals surface area contributed by atoms with Crippen molar-refractivity contribution < 1.29 is 5.16 Å². The van der Waals surface area contributed by atoms with E-state index in [0.717, 1.165) is 30.5 Å². The van der Waals surface area contributed by atoms with E-state index in [0.29, 0.717) is 0 Å². The Kier molecular flexibility index (Phi) is 4.03. The van der Waals surface area contributed by atoms with Crippen LogP contribution in [0.3, 0.4) is 0 Å². The van der Waals surface area contributed by atoms with Gasteiger partial charge >= 0.3 is 0 Å². The summed E-state index contributed by atoms with van der Waals surface area (Å²) >= 11 is 0. The molecule has 0 heterocycles. The summed E-state index contributed by atoms with van der Waals surface area (Å²) in [6.07, 6.45) is 3.00. The summed E-state index contributed by atoms with van der Waals surface area (Å²) in [5.74, 6) is 0. The second kappa shape index (κ2) is 5.36. The maximum Gasteiger partial charge on any atom is 0.192 e. The molecule has 0 aliphatic rings. The van der Waals surface area contributed by atoms with Gasteiger partial charge in [-0.05, 0) is 18.6 Å². The van der Waals surface area contributed by atoms with Crippen molar-refractivity contribution in [3.05, 3.63) is 41.1 Å². The van der Waals surface area contributed by atoms with Gasteiger partial charge in [0.25, 0.3) is 0 Å². The standard InChI is InChI=1S/C11H15NO/c1-2-3-9-11(12-13)10-7-5-4-6-8-10/h4-8,12H,2-3,9H2,1H3. The van der Waals surface area contributed by atoms with Crippen LogP contribution in [0.5, 0.6) is 0 Å². The molecule has 0 spiro atoms. The van der Waals surface area contributed by atoms with Crippen molar-refractivity contribution in [2.45, 2.75) is 26.2 Å². The maximum atomic E-state index is 10.6. The number of nitrogens with one attached hydrogen (secondary N) is 1. The molecule has 0 atom stereocenters. The average molecular weight is 177 g/mol. The number of benzene rings is 1. The minimum atomic E-state index is 0.794. The van der Waals surface area contributed by atoms with Gasteiger partial charge in [0.2, 0.25) is 0 Å². The van der Waals surface area contributed by atoms with Crippen LogP contribution in [0.2, 0.25) is 0 Å². The molecular formula is C11H15NO. The van der Waals surface area contributed by atoms with E-state index in [-0.39, 0.29) is 0 Å². The fraction of sp³-hybridized carbons (Fsp3) is 0.364. The Labute approximate surface area is 78.9 Å². The average Bonchev–Trinajstić information content (AvgIpc) is 2.21. The summed E-state index contributed by atoms with van der Waals surface area (Å²) < 4.78 is 0. The fourth-order valence-electron chi connectivity index (χ4n) is 1.25. The van der Waals surface area contributed by atoms with Gasteiger partial charge < -0.3 is 5.21 Å². The molecule has 1 N–H and O–H groups in total. The molecule has 1 rings (SSSR count). The first kappa shape index (κ1) is 9.78. The van der Waals surface area contributed by atoms with Crippen LogP contribution in [0.15, 0.2) is 30.3 Å². The topological polar surface area (TPSA) is 37.0 Å². The zero-order valence-corrected chi connectivity index (χ0v) is 7.92. The van der Waals surface area contributed by atoms with Gasteiger partial charge in [-0.15, -0.1) is 0 Å². The van der Waals surface area contributed by atoms with Crippen LogP contribution >= 0.6 is 0 Å². The molecule has 0 saturated heterocycles. The van der Waals surface area contributed by atoms with Crippen molar-refractivity contribution in [1.82, 2.24) is 0 Å². The Morgan fingerprint density at radius 2 is 2.00 bits per heavy atom. The van der Waals surface area contributed by atoms with Crippen molar-refractivity contribution in [2.75, 3.05) is 0 Å². The predicted molar refractivity (Wildman–Crippen MR) is 54.4 cm³/mol. The van der Waals surface area contributed by atoms with Crippen molar-refractivity contribution in [2.24, 2.45) is 0 Å². The molecule has 1 aromatic carbocycles. The third-order valence-electron chi connectivity index (χ3n) is 2.03. The minimum absolute atomic E-state index is 0.794. The highest BCUT2D eigenvalue weighted by atomic mass is 16.4. The molecule has 0 aliphatic heterocycles. The molecule has 0 aromatic heterocycles. The molecule has 0 aliphatic carbocycles. The zero-order valence-electron chi connectivity index (χ0n) is 7.92. The molecule has 0 amide bonds. The van der Waals surface area contributed by atoms with Gasteiger partial charge in [0.1, 0.15) is 0 Å². The van der Waals surface area contributed by atoms with Crippen LogP contribution in [0.25, 0.3) is 0 Å². The van der Waals surface area contributed by atoms with Gasteiger partial charge in [-0.1, -0.05) is 31.5 Å². The van der Waals surface area contributed by atoms with Crippen molar-refractivity contribution >= 4 is 5.71 Å². The number of unbranched alkanes of at least 4 members (excludes halogenated alkanes) is 1. The van der Waals surface area contributed by atoms with E-state index < -0.39 is 0 Å². The minimum Gasteiger partial charge on any atom is -0.625 e. The normalized spacial score (nSPS) is 11.6. The van der Waals surface area contributed by atoms with Crippen LogP contribution in [-0.4, -0.2) is 5.71 Å². The Bertz CT molecular complexity index is 267. The highest BCUT2D eigenvalue weighted by molar-refractivity contribution is 5.96. The Morgan fingerprint density at radius 1 is 1.31 bits per heavy atom. The Morgan fingerprint density at radius 3 is 2.54 bits per heavy atom. The summed E-state index contributed by atoms with van der Waals surface area (Å²) in [7, 11) is 0. The number of hydrogen-bond donors (Lipinski definition) is 1. The zero-order chi connectivity index (χ0) is 9.52. The molecule has 1 aromatic rings. The summed E-state index contributed by atoms with van der Waals surface area (Å²) in [5.41, 5.74) is 1.80. The lowest BCUT2D eigenvalue weighted by atomic mass is 10.1. The van der Waals surface area contributed by atoms with Gasteiger partial charge in [0, 0.05) is 12.0 Å². The van der Waals surface area contributed by atoms with E-state index in [2.05, 4.69) is 6.92 Å². The van der Waals surface area contributed by atoms with Crippen molar-refractivity contribution in [3.8, 4) is 0 Å². The molecular weight excluding hydrogens is 162 g/mol. The monoisotopic (exact) mass is 177 g/mol. The number of hydrogen-bond acceptors (Lipinski definition) is 1. The molecule has 2 heteroatoms. The predicted octanol–water partition coefficient (Wildman–Crippen LogP) is 1.24. The molecule has 70 valence electrons. The van der Waals surface area contributed by atoms with Gasteiger partial charge in [-0.3, -0.25) is 0 Å². The first-order valence-electron chi connectivity index (χ1n) is 4.68. The van der Waals surface area contributed by atoms with E-state index in [1.807, 2.05) is 35.5 Å². The Hall–Kier alpha value is -1.31. The Balaban J connectivity index is 2.69. The second-order valence-electron chi connectivity index (χ2n) is 3.05. The molecule has 0 unspecified atom stereocenters. The van der Waals surface area contributed by atoms with E-state index >= 15 is 0 Å². The molecule has 0 saturated carbocycles. The lowest BCUT2D eigenvalue weighted by Crippen LogP contribution is -2.65.